The van der Waals surface area contributed by atoms with Crippen LogP contribution in [0.4, 0.5) is 5.69 Å². The molecule has 0 aliphatic rings. The van der Waals surface area contributed by atoms with E-state index in [4.69, 9.17) is 69.6 Å². The van der Waals surface area contributed by atoms with Crippen LogP contribution in [0.25, 0.3) is 0 Å². The van der Waals surface area contributed by atoms with Crippen LogP contribution < -0.4 is 4.31 Å². The molecule has 2 rings (SSSR count). The first-order chi connectivity index (χ1) is 12.0. The number of hydrogen-bond donors (Lipinski definition) is 0. The summed E-state index contributed by atoms with van der Waals surface area (Å²) in [6.07, 6.45) is 0. The molecule has 26 heavy (non-hydrogen) atoms. The maximum Gasteiger partial charge on any atom is 0.266 e. The molecule has 0 saturated heterocycles. The zero-order chi connectivity index (χ0) is 19.8. The van der Waals surface area contributed by atoms with Gasteiger partial charge in [-0.1, -0.05) is 58.0 Å². The molecule has 1 atom stereocenters. The average Bonchev–Trinajstić information content (AvgIpc) is 2.54. The number of carbonyl (C=O) groups is 1. The lowest BCUT2D eigenvalue weighted by Crippen LogP contribution is -2.42. The fraction of sp³-hybridized carbons (Fsp3) is 0.133. The summed E-state index contributed by atoms with van der Waals surface area (Å²) in [6.45, 7) is 1.30. The van der Waals surface area contributed by atoms with Gasteiger partial charge in [0.25, 0.3) is 10.0 Å². The molecule has 0 N–H and O–H groups in total. The smallest absolute Gasteiger partial charge is 0.266 e. The minimum Gasteiger partial charge on any atom is -0.279 e. The molecule has 0 fully saturated rings. The lowest BCUT2D eigenvalue weighted by atomic mass is 10.2. The SMILES string of the molecule is CC(C(=O)Cl)N(c1cc(Cl)c(Cl)cc1Cl)S(=O)(=O)c1cc(Cl)ccc1Cl. The Morgan fingerprint density at radius 3 is 2.08 bits per heavy atom. The van der Waals surface area contributed by atoms with Crippen molar-refractivity contribution in [1.82, 2.24) is 0 Å². The molecule has 0 heterocycles. The summed E-state index contributed by atoms with van der Waals surface area (Å²) in [6, 6.07) is 5.07. The van der Waals surface area contributed by atoms with Gasteiger partial charge < -0.3 is 0 Å². The largest absolute Gasteiger partial charge is 0.279 e. The van der Waals surface area contributed by atoms with Gasteiger partial charge in [0, 0.05) is 5.02 Å². The van der Waals surface area contributed by atoms with E-state index in [-0.39, 0.29) is 35.7 Å². The van der Waals surface area contributed by atoms with Gasteiger partial charge in [-0.3, -0.25) is 9.10 Å². The molecule has 2 aromatic rings. The highest BCUT2D eigenvalue weighted by atomic mass is 35.5. The summed E-state index contributed by atoms with van der Waals surface area (Å²) in [7, 11) is -4.38. The van der Waals surface area contributed by atoms with E-state index < -0.39 is 21.3 Å². The van der Waals surface area contributed by atoms with E-state index in [1.165, 1.54) is 31.2 Å². The van der Waals surface area contributed by atoms with Crippen LogP contribution in [0.3, 0.4) is 0 Å². The van der Waals surface area contributed by atoms with E-state index in [2.05, 4.69) is 0 Å². The lowest BCUT2D eigenvalue weighted by molar-refractivity contribution is -0.112. The van der Waals surface area contributed by atoms with Crippen LogP contribution in [0.15, 0.2) is 35.2 Å². The van der Waals surface area contributed by atoms with Crippen LogP contribution >= 0.6 is 69.6 Å². The van der Waals surface area contributed by atoms with Gasteiger partial charge in [0.15, 0.2) is 0 Å². The highest BCUT2D eigenvalue weighted by Gasteiger charge is 2.35. The number of rotatable bonds is 5. The predicted octanol–water partition coefficient (Wildman–Crippen LogP) is 6.30. The quantitative estimate of drug-likeness (QED) is 0.361. The van der Waals surface area contributed by atoms with Crippen molar-refractivity contribution in [2.24, 2.45) is 0 Å². The van der Waals surface area contributed by atoms with E-state index in [9.17, 15) is 13.2 Å². The first-order valence-corrected chi connectivity index (χ1v) is 10.5. The molecule has 0 spiro atoms. The Kier molecular flexibility index (Phi) is 7.00. The third kappa shape index (κ3) is 4.36. The van der Waals surface area contributed by atoms with Crippen molar-refractivity contribution >= 4 is 90.6 Å². The number of halogens is 6. The first-order valence-electron chi connectivity index (χ1n) is 6.80. The van der Waals surface area contributed by atoms with E-state index in [0.29, 0.717) is 0 Å². The van der Waals surface area contributed by atoms with Crippen LogP contribution in [0.2, 0.25) is 25.1 Å². The van der Waals surface area contributed by atoms with Crippen molar-refractivity contribution < 1.29 is 13.2 Å². The van der Waals surface area contributed by atoms with Gasteiger partial charge in [-0.25, -0.2) is 8.42 Å². The highest BCUT2D eigenvalue weighted by molar-refractivity contribution is 7.93. The highest BCUT2D eigenvalue weighted by Crippen LogP contribution is 2.39. The minimum atomic E-state index is -4.38. The van der Waals surface area contributed by atoms with Gasteiger partial charge in [-0.15, -0.1) is 0 Å². The minimum absolute atomic E-state index is 0.0395. The zero-order valence-corrected chi connectivity index (χ0v) is 18.2. The maximum absolute atomic E-state index is 13.2. The van der Waals surface area contributed by atoms with E-state index in [1.807, 2.05) is 0 Å². The van der Waals surface area contributed by atoms with Crippen molar-refractivity contribution in [3.63, 3.8) is 0 Å². The van der Waals surface area contributed by atoms with E-state index >= 15 is 0 Å². The Balaban J connectivity index is 2.80. The molecule has 0 bridgehead atoms. The fourth-order valence-electron chi connectivity index (χ4n) is 2.10. The van der Waals surface area contributed by atoms with Crippen molar-refractivity contribution in [3.8, 4) is 0 Å². The van der Waals surface area contributed by atoms with E-state index in [0.717, 1.165) is 10.4 Å². The Morgan fingerprint density at radius 1 is 0.923 bits per heavy atom. The summed E-state index contributed by atoms with van der Waals surface area (Å²) in [5.74, 6) is 0. The van der Waals surface area contributed by atoms with Crippen LogP contribution in [-0.4, -0.2) is 19.7 Å². The van der Waals surface area contributed by atoms with Crippen LogP contribution in [0, 0.1) is 0 Å². The number of hydrogen-bond acceptors (Lipinski definition) is 3. The van der Waals surface area contributed by atoms with Crippen LogP contribution in [0.1, 0.15) is 6.92 Å². The van der Waals surface area contributed by atoms with Crippen molar-refractivity contribution in [1.29, 1.82) is 0 Å². The Bertz CT molecular complexity index is 980. The number of benzene rings is 2. The Hall–Kier alpha value is -0.400. The van der Waals surface area contributed by atoms with Crippen molar-refractivity contribution in [2.45, 2.75) is 17.9 Å². The molecule has 11 heteroatoms. The van der Waals surface area contributed by atoms with Gasteiger partial charge in [-0.05, 0) is 48.9 Å². The van der Waals surface area contributed by atoms with Gasteiger partial charge >= 0.3 is 0 Å². The molecule has 0 amide bonds. The van der Waals surface area contributed by atoms with Crippen LogP contribution in [-0.2, 0) is 14.8 Å². The van der Waals surface area contributed by atoms with Gasteiger partial charge in [0.05, 0.1) is 25.8 Å². The fourth-order valence-corrected chi connectivity index (χ4v) is 5.31. The topological polar surface area (TPSA) is 54.5 Å². The number of nitrogens with zero attached hydrogens (tertiary/aromatic N) is 1. The Morgan fingerprint density at radius 2 is 1.50 bits per heavy atom. The van der Waals surface area contributed by atoms with E-state index in [1.54, 1.807) is 0 Å². The van der Waals surface area contributed by atoms with Crippen LogP contribution in [0.5, 0.6) is 0 Å². The predicted molar refractivity (Wildman–Crippen MR) is 108 cm³/mol. The van der Waals surface area contributed by atoms with Gasteiger partial charge in [0.2, 0.25) is 5.24 Å². The zero-order valence-electron chi connectivity index (χ0n) is 12.8. The molecule has 0 radical (unpaired) electrons. The monoisotopic (exact) mass is 493 g/mol. The molecule has 0 aliphatic carbocycles. The van der Waals surface area contributed by atoms with Crippen molar-refractivity contribution in [3.05, 3.63) is 55.4 Å². The molecule has 4 nitrogen and oxygen atoms in total. The lowest BCUT2D eigenvalue weighted by Gasteiger charge is -2.29. The number of anilines is 1. The molecule has 0 aliphatic heterocycles. The van der Waals surface area contributed by atoms with Gasteiger partial charge in [-0.2, -0.15) is 0 Å². The maximum atomic E-state index is 13.2. The number of carbonyl (C=O) groups excluding carboxylic acids is 1. The second-order valence-electron chi connectivity index (χ2n) is 5.07. The second kappa shape index (κ2) is 8.31. The summed E-state index contributed by atoms with van der Waals surface area (Å²) < 4.78 is 27.2. The van der Waals surface area contributed by atoms with Gasteiger partial charge in [0.1, 0.15) is 10.9 Å². The summed E-state index contributed by atoms with van der Waals surface area (Å²) in [5.41, 5.74) is -0.0846. The first kappa shape index (κ1) is 21.9. The summed E-state index contributed by atoms with van der Waals surface area (Å²) >= 11 is 35.5. The molecule has 0 saturated carbocycles. The molecule has 2 aromatic carbocycles. The summed E-state index contributed by atoms with van der Waals surface area (Å²) in [5, 5.41) is -0.788. The summed E-state index contributed by atoms with van der Waals surface area (Å²) in [4.78, 5) is 11.4. The van der Waals surface area contributed by atoms with Crippen molar-refractivity contribution in [2.75, 3.05) is 4.31 Å². The third-order valence-electron chi connectivity index (χ3n) is 3.34. The Labute approximate surface area is 180 Å². The molecule has 140 valence electrons. The standard InChI is InChI=1S/C15H9Cl6NO3S/c1-7(15(21)23)22(13-6-11(19)10(18)5-12(13)20)26(24,25)14-4-8(16)2-3-9(14)17/h2-7H,1H3. The average molecular weight is 496 g/mol. The molecule has 1 unspecified atom stereocenters. The molecule has 0 aromatic heterocycles. The molecular weight excluding hydrogens is 487 g/mol. The molecular formula is C15H9Cl6NO3S. The number of sulfonamides is 1. The third-order valence-corrected chi connectivity index (χ3v) is 7.28. The normalized spacial score (nSPS) is 12.7. The second-order valence-corrected chi connectivity index (χ2v) is 9.29.